The van der Waals surface area contributed by atoms with Crippen molar-refractivity contribution in [3.8, 4) is 0 Å². The van der Waals surface area contributed by atoms with Crippen LogP contribution < -0.4 is 0 Å². The number of aliphatic hydroxyl groups excluding tert-OH is 15. The Bertz CT molecular complexity index is 2370. The first-order valence-corrected chi connectivity index (χ1v) is 30.6. The molecule has 5 heterocycles. The summed E-state index contributed by atoms with van der Waals surface area (Å²) in [6.07, 6.45) is -29.4. The third kappa shape index (κ3) is 11.1. The van der Waals surface area contributed by atoms with E-state index in [1.807, 2.05) is 6.92 Å². The number of ether oxygens (including phenoxy) is 10. The van der Waals surface area contributed by atoms with E-state index in [0.29, 0.717) is 51.4 Å². The van der Waals surface area contributed by atoms with Crippen LogP contribution in [0.5, 0.6) is 0 Å². The van der Waals surface area contributed by atoms with Gasteiger partial charge in [0.25, 0.3) is 0 Å². The Labute approximate surface area is 494 Å². The van der Waals surface area contributed by atoms with Gasteiger partial charge in [-0.15, -0.1) is 0 Å². The lowest BCUT2D eigenvalue weighted by Gasteiger charge is -2.71. The molecule has 0 aromatic rings. The second-order valence-electron chi connectivity index (χ2n) is 28.5. The number of aliphatic hydroxyl groups is 15. The summed E-state index contributed by atoms with van der Waals surface area (Å²) < 4.78 is 59.0. The van der Waals surface area contributed by atoms with Crippen molar-refractivity contribution in [2.75, 3.05) is 26.4 Å². The minimum atomic E-state index is -1.90. The molecule has 0 radical (unpaired) electrons. The molecule has 33 unspecified atom stereocenters. The monoisotopic (exact) mass is 1220 g/mol. The predicted octanol–water partition coefficient (Wildman–Crippen LogP) is -2.54. The van der Waals surface area contributed by atoms with E-state index in [4.69, 9.17) is 47.4 Å². The first-order chi connectivity index (χ1) is 39.8. The van der Waals surface area contributed by atoms with E-state index in [0.717, 1.165) is 12.8 Å². The largest absolute Gasteiger partial charge is 0.432 e. The quantitative estimate of drug-likeness (QED) is 0.0513. The van der Waals surface area contributed by atoms with E-state index in [9.17, 15) is 76.6 Å². The van der Waals surface area contributed by atoms with Gasteiger partial charge in [0.2, 0.25) is 6.29 Å². The van der Waals surface area contributed by atoms with Gasteiger partial charge in [-0.25, -0.2) is 0 Å². The maximum Gasteiger partial charge on any atom is 0.315 e. The van der Waals surface area contributed by atoms with Gasteiger partial charge in [0.15, 0.2) is 25.2 Å². The molecule has 85 heavy (non-hydrogen) atoms. The Morgan fingerprint density at radius 2 is 1.14 bits per heavy atom. The highest BCUT2D eigenvalue weighted by Crippen LogP contribution is 2.76. The number of rotatable bonds is 13. The molecular weight excluding hydrogens is 1120 g/mol. The van der Waals surface area contributed by atoms with Crippen molar-refractivity contribution in [1.29, 1.82) is 0 Å². The molecule has 10 aliphatic rings. The summed E-state index contributed by atoms with van der Waals surface area (Å²) in [5.74, 6) is -0.832. The number of carbonyl (C=O) groups is 1. The fraction of sp³-hybridized carbons (Fsp3) is 0.949. The molecule has 9 fully saturated rings. The standard InChI is InChI=1S/C59H96O26/c1-24-34(63)37(66)41(70)50(78-24)83-46-28(62)21-76-49(45(46)74)82-33-12-13-55(5)31(56(33,6)23-61)11-14-58(8)32(55)10-9-26-27-19-54(3,4)15-17-59(27,18-16-57(26,58)7)53(75)85-52-43(72)39(68)36(65)30(81-52)22-77-48-44(73)40(69)47(29(20-60)80-48)84-51-42(71)38(67)35(64)25(2)79-51/h9,24-25,27-52,60-74H,10-23H2,1-8H3. The molecule has 15 N–H and O–H groups in total. The summed E-state index contributed by atoms with van der Waals surface area (Å²) >= 11 is 0. The van der Waals surface area contributed by atoms with E-state index in [1.165, 1.54) is 19.4 Å². The third-order valence-electron chi connectivity index (χ3n) is 23.2. The molecule has 33 atom stereocenters. The SMILES string of the molecule is CC1OC(OC2C(O)COC(OC3CCC4(C)C(CCC5(C)C4CC=C4C6CC(C)(C)CCC6(C(=O)OC6OC(COC7OC(CO)C(OC8OC(C)C(O)C(O)C8O)C(O)C7O)C(O)C(O)C6O)CCC45C)C3(C)CO)C2O)C(O)C(O)C1O. The lowest BCUT2D eigenvalue weighted by Crippen LogP contribution is -2.67. The van der Waals surface area contributed by atoms with Gasteiger partial charge in [0, 0.05) is 5.41 Å². The van der Waals surface area contributed by atoms with Gasteiger partial charge in [-0.2, -0.15) is 0 Å². The molecule has 4 saturated carbocycles. The van der Waals surface area contributed by atoms with E-state index in [2.05, 4.69) is 40.7 Å². The molecule has 5 aliphatic carbocycles. The van der Waals surface area contributed by atoms with Gasteiger partial charge in [-0.05, 0) is 117 Å². The lowest BCUT2D eigenvalue weighted by atomic mass is 9.33. The minimum Gasteiger partial charge on any atom is -0.432 e. The van der Waals surface area contributed by atoms with Gasteiger partial charge in [0.05, 0.1) is 50.2 Å². The van der Waals surface area contributed by atoms with Crippen molar-refractivity contribution in [1.82, 2.24) is 0 Å². The van der Waals surface area contributed by atoms with Crippen LogP contribution in [0.1, 0.15) is 120 Å². The third-order valence-corrected chi connectivity index (χ3v) is 23.2. The van der Waals surface area contributed by atoms with Crippen molar-refractivity contribution in [3.05, 3.63) is 11.6 Å². The molecule has 26 nitrogen and oxygen atoms in total. The summed E-state index contributed by atoms with van der Waals surface area (Å²) in [7, 11) is 0. The summed E-state index contributed by atoms with van der Waals surface area (Å²) in [6.45, 7) is 14.4. The number of fused-ring (bicyclic) bond motifs is 7. The first-order valence-electron chi connectivity index (χ1n) is 30.6. The highest BCUT2D eigenvalue weighted by Gasteiger charge is 2.71. The van der Waals surface area contributed by atoms with Crippen LogP contribution in [-0.4, -0.2) is 263 Å². The lowest BCUT2D eigenvalue weighted by molar-refractivity contribution is -0.361. The summed E-state index contributed by atoms with van der Waals surface area (Å²) in [5.41, 5.74) is -1.88. The van der Waals surface area contributed by atoms with E-state index >= 15 is 4.79 Å². The molecule has 0 aromatic heterocycles. The second-order valence-corrected chi connectivity index (χ2v) is 28.5. The van der Waals surface area contributed by atoms with Crippen molar-refractivity contribution in [2.24, 2.45) is 50.2 Å². The van der Waals surface area contributed by atoms with Gasteiger partial charge >= 0.3 is 5.97 Å². The Kier molecular flexibility index (Phi) is 19.0. The molecule has 488 valence electrons. The Hall–Kier alpha value is -1.75. The molecule has 0 amide bonds. The van der Waals surface area contributed by atoms with Crippen LogP contribution in [-0.2, 0) is 52.2 Å². The number of hydrogen-bond acceptors (Lipinski definition) is 26. The van der Waals surface area contributed by atoms with Crippen LogP contribution in [0.25, 0.3) is 0 Å². The van der Waals surface area contributed by atoms with Crippen LogP contribution in [0.15, 0.2) is 11.6 Å². The van der Waals surface area contributed by atoms with E-state index < -0.39 is 189 Å². The molecule has 0 aromatic carbocycles. The Morgan fingerprint density at radius 1 is 0.565 bits per heavy atom. The topological polar surface area (TPSA) is 413 Å². The highest BCUT2D eigenvalue weighted by molar-refractivity contribution is 5.79. The molecule has 10 rings (SSSR count). The zero-order valence-corrected chi connectivity index (χ0v) is 49.8. The zero-order chi connectivity index (χ0) is 62.0. The van der Waals surface area contributed by atoms with Crippen molar-refractivity contribution in [2.45, 2.75) is 273 Å². The molecule has 0 bridgehead atoms. The summed E-state index contributed by atoms with van der Waals surface area (Å²) in [6, 6.07) is 0. The number of allylic oxidation sites excluding steroid dienone is 2. The first kappa shape index (κ1) is 66.2. The fourth-order valence-electron chi connectivity index (χ4n) is 17.5. The normalized spacial score (nSPS) is 55.3. The minimum absolute atomic E-state index is 0.0539. The summed E-state index contributed by atoms with van der Waals surface area (Å²) in [4.78, 5) is 15.2. The van der Waals surface area contributed by atoms with Crippen molar-refractivity contribution < 1.29 is 129 Å². The van der Waals surface area contributed by atoms with E-state index in [1.54, 1.807) is 0 Å². The number of esters is 1. The van der Waals surface area contributed by atoms with Gasteiger partial charge in [-0.1, -0.05) is 53.2 Å². The van der Waals surface area contributed by atoms with Crippen LogP contribution >= 0.6 is 0 Å². The van der Waals surface area contributed by atoms with Gasteiger partial charge < -0.3 is 124 Å². The Morgan fingerprint density at radius 3 is 1.76 bits per heavy atom. The van der Waals surface area contributed by atoms with Crippen molar-refractivity contribution >= 4 is 5.97 Å². The Balaban J connectivity index is 0.821. The van der Waals surface area contributed by atoms with Crippen LogP contribution in [0, 0.1) is 50.2 Å². The molecule has 5 saturated heterocycles. The maximum absolute atomic E-state index is 15.2. The summed E-state index contributed by atoms with van der Waals surface area (Å²) in [5, 5.41) is 163. The number of carbonyl (C=O) groups excluding carboxylic acids is 1. The molecule has 26 heteroatoms. The predicted molar refractivity (Wildman–Crippen MR) is 288 cm³/mol. The van der Waals surface area contributed by atoms with Crippen LogP contribution in [0.4, 0.5) is 0 Å². The van der Waals surface area contributed by atoms with Crippen LogP contribution in [0.2, 0.25) is 0 Å². The average Bonchev–Trinajstić information content (AvgIpc) is 0.705. The second kappa shape index (κ2) is 24.4. The zero-order valence-electron chi connectivity index (χ0n) is 49.8. The van der Waals surface area contributed by atoms with Crippen LogP contribution in [0.3, 0.4) is 0 Å². The molecule has 0 spiro atoms. The van der Waals surface area contributed by atoms with Crippen molar-refractivity contribution in [3.63, 3.8) is 0 Å². The number of hydrogen-bond donors (Lipinski definition) is 15. The smallest absolute Gasteiger partial charge is 0.315 e. The van der Waals surface area contributed by atoms with E-state index in [-0.39, 0.29) is 47.2 Å². The maximum atomic E-state index is 15.2. The fourth-order valence-corrected chi connectivity index (χ4v) is 17.5. The molecule has 5 aliphatic heterocycles. The van der Waals surface area contributed by atoms with Gasteiger partial charge in [-0.3, -0.25) is 4.79 Å². The highest BCUT2D eigenvalue weighted by atomic mass is 16.8. The average molecular weight is 1220 g/mol. The molecular formula is C59H96O26. The van der Waals surface area contributed by atoms with Gasteiger partial charge in [0.1, 0.15) is 104 Å².